The Labute approximate surface area is 144 Å². The minimum atomic E-state index is -0.395. The van der Waals surface area contributed by atoms with Crippen molar-refractivity contribution >= 4 is 5.69 Å². The van der Waals surface area contributed by atoms with Crippen LogP contribution in [0, 0.1) is 0 Å². The molecular weight excluding hydrogens is 318 g/mol. The summed E-state index contributed by atoms with van der Waals surface area (Å²) in [4.78, 5) is 0. The summed E-state index contributed by atoms with van der Waals surface area (Å²) in [5.74, 6) is 2.28. The van der Waals surface area contributed by atoms with Gasteiger partial charge in [0.2, 0.25) is 6.79 Å². The number of anilines is 1. The van der Waals surface area contributed by atoms with Gasteiger partial charge in [0.1, 0.15) is 12.4 Å². The molecule has 5 heteroatoms. The van der Waals surface area contributed by atoms with Gasteiger partial charge in [-0.1, -0.05) is 12.1 Å². The summed E-state index contributed by atoms with van der Waals surface area (Å²) < 4.78 is 22.3. The fourth-order valence-corrected chi connectivity index (χ4v) is 3.82. The molecule has 0 bridgehead atoms. The third kappa shape index (κ3) is 1.95. The molecule has 1 unspecified atom stereocenters. The molecule has 0 saturated heterocycles. The van der Waals surface area contributed by atoms with Gasteiger partial charge in [0, 0.05) is 22.9 Å². The second kappa shape index (κ2) is 4.96. The molecule has 2 aromatic carbocycles. The van der Waals surface area contributed by atoms with Crippen molar-refractivity contribution in [3.63, 3.8) is 0 Å². The molecule has 0 fully saturated rings. The predicted octanol–water partition coefficient (Wildman–Crippen LogP) is 3.96. The molecule has 0 radical (unpaired) electrons. The largest absolute Gasteiger partial charge is 0.492 e. The van der Waals surface area contributed by atoms with Crippen LogP contribution < -0.4 is 19.9 Å². The van der Waals surface area contributed by atoms with E-state index in [9.17, 15) is 0 Å². The third-order valence-electron chi connectivity index (χ3n) is 5.07. The smallest absolute Gasteiger partial charge is 0.231 e. The van der Waals surface area contributed by atoms with Crippen molar-refractivity contribution in [2.24, 2.45) is 0 Å². The number of hydrogen-bond acceptors (Lipinski definition) is 5. The first-order valence-electron chi connectivity index (χ1n) is 8.15. The molecule has 2 aliphatic rings. The number of nitrogen functional groups attached to an aromatic ring is 1. The molecule has 0 amide bonds. The maximum Gasteiger partial charge on any atom is 0.231 e. The molecule has 3 heterocycles. The number of rotatable bonds is 2. The lowest BCUT2D eigenvalue weighted by Crippen LogP contribution is -2.27. The van der Waals surface area contributed by atoms with Crippen LogP contribution in [0.15, 0.2) is 53.3 Å². The van der Waals surface area contributed by atoms with Crippen LogP contribution in [0.25, 0.3) is 11.1 Å². The van der Waals surface area contributed by atoms with Gasteiger partial charge in [-0.3, -0.25) is 0 Å². The maximum absolute atomic E-state index is 6.42. The van der Waals surface area contributed by atoms with E-state index in [1.165, 1.54) is 0 Å². The Hall–Kier alpha value is -3.08. The van der Waals surface area contributed by atoms with E-state index in [4.69, 9.17) is 24.4 Å². The molecule has 2 N–H and O–H groups in total. The van der Waals surface area contributed by atoms with Crippen LogP contribution in [0.1, 0.15) is 18.1 Å². The number of nitrogens with two attached hydrogens (primary N) is 1. The maximum atomic E-state index is 6.42. The lowest BCUT2D eigenvalue weighted by molar-refractivity contribution is 0.173. The normalized spacial score (nSPS) is 20.4. The number of ether oxygens (including phenoxy) is 3. The lowest BCUT2D eigenvalue weighted by Gasteiger charge is -2.28. The standard InChI is InChI=1S/C20H17NO4/c1-20(10-23-16-8-18-17(7-14(16)20)24-11-25-18)19-13(3-2-4-15(19)21)12-5-6-22-9-12/h2-9H,10-11,21H2,1H3. The topological polar surface area (TPSA) is 66.9 Å². The van der Waals surface area contributed by atoms with E-state index in [-0.39, 0.29) is 6.79 Å². The second-order valence-electron chi connectivity index (χ2n) is 6.60. The van der Waals surface area contributed by atoms with Crippen LogP contribution in [0.5, 0.6) is 17.2 Å². The minimum absolute atomic E-state index is 0.239. The van der Waals surface area contributed by atoms with Crippen molar-refractivity contribution < 1.29 is 18.6 Å². The van der Waals surface area contributed by atoms with E-state index in [1.807, 2.05) is 30.3 Å². The SMILES string of the molecule is CC1(c2c(N)cccc2-c2ccoc2)COc2cc3c(cc21)OCO3. The highest BCUT2D eigenvalue weighted by Crippen LogP contribution is 2.52. The van der Waals surface area contributed by atoms with Crippen molar-refractivity contribution in [2.75, 3.05) is 19.1 Å². The Bertz CT molecular complexity index is 964. The van der Waals surface area contributed by atoms with Gasteiger partial charge in [0.05, 0.1) is 17.9 Å². The van der Waals surface area contributed by atoms with Crippen molar-refractivity contribution in [3.8, 4) is 28.4 Å². The Morgan fingerprint density at radius 1 is 1.00 bits per heavy atom. The molecule has 0 aliphatic carbocycles. The zero-order valence-corrected chi connectivity index (χ0v) is 13.7. The fourth-order valence-electron chi connectivity index (χ4n) is 3.82. The highest BCUT2D eigenvalue weighted by molar-refractivity contribution is 5.77. The van der Waals surface area contributed by atoms with Crippen LogP contribution in [-0.4, -0.2) is 13.4 Å². The Balaban J connectivity index is 1.74. The second-order valence-corrected chi connectivity index (χ2v) is 6.60. The molecule has 0 saturated carbocycles. The first-order valence-corrected chi connectivity index (χ1v) is 8.15. The number of hydrogen-bond donors (Lipinski definition) is 1. The van der Waals surface area contributed by atoms with Gasteiger partial charge in [0.15, 0.2) is 11.5 Å². The molecule has 1 atom stereocenters. The van der Waals surface area contributed by atoms with E-state index in [2.05, 4.69) is 13.0 Å². The van der Waals surface area contributed by atoms with Gasteiger partial charge in [-0.2, -0.15) is 0 Å². The Kier molecular flexibility index (Phi) is 2.83. The molecule has 3 aromatic rings. The zero-order chi connectivity index (χ0) is 17.0. The number of benzene rings is 2. The first kappa shape index (κ1) is 14.3. The summed E-state index contributed by atoms with van der Waals surface area (Å²) in [6, 6.07) is 11.8. The van der Waals surface area contributed by atoms with Crippen LogP contribution >= 0.6 is 0 Å². The number of fused-ring (bicyclic) bond motifs is 2. The van der Waals surface area contributed by atoms with Crippen molar-refractivity contribution in [1.29, 1.82) is 0 Å². The molecular formula is C20H17NO4. The van der Waals surface area contributed by atoms with Gasteiger partial charge in [-0.05, 0) is 36.2 Å². The predicted molar refractivity (Wildman–Crippen MR) is 93.1 cm³/mol. The van der Waals surface area contributed by atoms with Gasteiger partial charge in [-0.25, -0.2) is 0 Å². The van der Waals surface area contributed by atoms with Crippen LogP contribution in [-0.2, 0) is 5.41 Å². The average molecular weight is 335 g/mol. The zero-order valence-electron chi connectivity index (χ0n) is 13.7. The van der Waals surface area contributed by atoms with E-state index in [0.29, 0.717) is 6.61 Å². The summed E-state index contributed by atoms with van der Waals surface area (Å²) in [6.45, 7) is 2.89. The highest BCUT2D eigenvalue weighted by atomic mass is 16.7. The molecule has 5 nitrogen and oxygen atoms in total. The third-order valence-corrected chi connectivity index (χ3v) is 5.07. The molecule has 5 rings (SSSR count). The van der Waals surface area contributed by atoms with E-state index < -0.39 is 5.41 Å². The molecule has 126 valence electrons. The van der Waals surface area contributed by atoms with Crippen LogP contribution in [0.4, 0.5) is 5.69 Å². The van der Waals surface area contributed by atoms with E-state index >= 15 is 0 Å². The van der Waals surface area contributed by atoms with Gasteiger partial charge < -0.3 is 24.4 Å². The minimum Gasteiger partial charge on any atom is -0.492 e. The van der Waals surface area contributed by atoms with Crippen molar-refractivity contribution in [3.05, 3.63) is 60.1 Å². The first-order chi connectivity index (χ1) is 12.2. The Morgan fingerprint density at radius 2 is 1.84 bits per heavy atom. The summed E-state index contributed by atoms with van der Waals surface area (Å²) in [6.07, 6.45) is 3.40. The lowest BCUT2D eigenvalue weighted by atomic mass is 9.74. The quantitative estimate of drug-likeness (QED) is 0.718. The van der Waals surface area contributed by atoms with Crippen molar-refractivity contribution in [2.45, 2.75) is 12.3 Å². The van der Waals surface area contributed by atoms with Crippen LogP contribution in [0.2, 0.25) is 0 Å². The van der Waals surface area contributed by atoms with Gasteiger partial charge in [-0.15, -0.1) is 0 Å². The fraction of sp³-hybridized carbons (Fsp3) is 0.200. The van der Waals surface area contributed by atoms with Gasteiger partial charge >= 0.3 is 0 Å². The molecule has 1 aromatic heterocycles. The van der Waals surface area contributed by atoms with Gasteiger partial charge in [0.25, 0.3) is 0 Å². The summed E-state index contributed by atoms with van der Waals surface area (Å²) in [7, 11) is 0. The number of furan rings is 1. The van der Waals surface area contributed by atoms with Crippen molar-refractivity contribution in [1.82, 2.24) is 0 Å². The van der Waals surface area contributed by atoms with E-state index in [1.54, 1.807) is 12.5 Å². The molecule has 25 heavy (non-hydrogen) atoms. The summed E-state index contributed by atoms with van der Waals surface area (Å²) in [5.41, 5.74) is 10.9. The summed E-state index contributed by atoms with van der Waals surface area (Å²) >= 11 is 0. The average Bonchev–Trinajstić information content (AvgIpc) is 3.34. The highest BCUT2D eigenvalue weighted by Gasteiger charge is 2.42. The monoisotopic (exact) mass is 335 g/mol. The van der Waals surface area contributed by atoms with E-state index in [0.717, 1.165) is 45.2 Å². The Morgan fingerprint density at radius 3 is 2.64 bits per heavy atom. The molecule has 0 spiro atoms. The molecule has 2 aliphatic heterocycles. The summed E-state index contributed by atoms with van der Waals surface area (Å²) in [5, 5.41) is 0. The van der Waals surface area contributed by atoms with Crippen LogP contribution in [0.3, 0.4) is 0 Å².